The molecular formula is C15H15N5. The summed E-state index contributed by atoms with van der Waals surface area (Å²) in [6.07, 6.45) is 7.01. The Hall–Kier alpha value is -2.43. The van der Waals surface area contributed by atoms with Gasteiger partial charge in [0.15, 0.2) is 5.82 Å². The number of nitrogens with two attached hydrogens (primary N) is 1. The van der Waals surface area contributed by atoms with Crippen LogP contribution in [0.3, 0.4) is 0 Å². The molecule has 0 aliphatic heterocycles. The zero-order valence-corrected chi connectivity index (χ0v) is 11.0. The van der Waals surface area contributed by atoms with Gasteiger partial charge in [-0.2, -0.15) is 0 Å². The lowest BCUT2D eigenvalue weighted by Crippen LogP contribution is -2.13. The number of fused-ring (bicyclic) bond motifs is 2. The Balaban J connectivity index is 1.91. The Kier molecular flexibility index (Phi) is 2.45. The second-order valence-electron chi connectivity index (χ2n) is 5.21. The molecule has 0 saturated heterocycles. The van der Waals surface area contributed by atoms with Gasteiger partial charge in [-0.15, -0.1) is 10.2 Å². The van der Waals surface area contributed by atoms with Crippen molar-refractivity contribution in [1.82, 2.24) is 19.6 Å². The molecule has 2 N–H and O–H groups in total. The van der Waals surface area contributed by atoms with Crippen molar-refractivity contribution < 1.29 is 0 Å². The van der Waals surface area contributed by atoms with E-state index < -0.39 is 0 Å². The number of anilines is 1. The number of rotatable bonds is 1. The first-order valence-electron chi connectivity index (χ1n) is 6.87. The van der Waals surface area contributed by atoms with Crippen molar-refractivity contribution in [3.63, 3.8) is 0 Å². The molecule has 2 aromatic heterocycles. The third-order valence-corrected chi connectivity index (χ3v) is 4.06. The lowest BCUT2D eigenvalue weighted by atomic mass is 9.82. The van der Waals surface area contributed by atoms with E-state index in [4.69, 9.17) is 5.73 Å². The monoisotopic (exact) mass is 265 g/mol. The number of hydrogen-bond donors (Lipinski definition) is 1. The van der Waals surface area contributed by atoms with Gasteiger partial charge in [0.2, 0.25) is 5.65 Å². The van der Waals surface area contributed by atoms with Crippen molar-refractivity contribution in [2.75, 3.05) is 5.73 Å². The van der Waals surface area contributed by atoms with Crippen molar-refractivity contribution in [3.8, 4) is 0 Å². The average Bonchev–Trinajstić information content (AvgIpc) is 2.92. The predicted molar refractivity (Wildman–Crippen MR) is 76.4 cm³/mol. The van der Waals surface area contributed by atoms with E-state index >= 15 is 0 Å². The van der Waals surface area contributed by atoms with Crippen LogP contribution < -0.4 is 5.73 Å². The lowest BCUT2D eigenvalue weighted by molar-refractivity contribution is 0.586. The highest BCUT2D eigenvalue weighted by Gasteiger charge is 2.25. The minimum atomic E-state index is 0.289. The number of aryl methyl sites for hydroxylation is 1. The van der Waals surface area contributed by atoms with E-state index in [1.165, 1.54) is 17.5 Å². The topological polar surface area (TPSA) is 69.1 Å². The summed E-state index contributed by atoms with van der Waals surface area (Å²) in [5, 5.41) is 8.56. The average molecular weight is 265 g/mol. The molecule has 0 spiro atoms. The number of benzene rings is 1. The number of nitrogens with zero attached hydrogens (tertiary/aromatic N) is 4. The van der Waals surface area contributed by atoms with Crippen LogP contribution in [0, 0.1) is 0 Å². The Labute approximate surface area is 116 Å². The summed E-state index contributed by atoms with van der Waals surface area (Å²) in [7, 11) is 0. The molecule has 0 amide bonds. The van der Waals surface area contributed by atoms with Gasteiger partial charge < -0.3 is 5.73 Å². The van der Waals surface area contributed by atoms with E-state index in [9.17, 15) is 0 Å². The third-order valence-electron chi connectivity index (χ3n) is 4.06. The second-order valence-corrected chi connectivity index (χ2v) is 5.21. The van der Waals surface area contributed by atoms with E-state index in [1.807, 2.05) is 10.6 Å². The molecule has 1 aromatic carbocycles. The quantitative estimate of drug-likeness (QED) is 0.732. The van der Waals surface area contributed by atoms with Crippen LogP contribution in [0.1, 0.15) is 35.7 Å². The number of aromatic nitrogens is 4. The molecule has 1 aliphatic carbocycles. The van der Waals surface area contributed by atoms with Crippen LogP contribution in [-0.2, 0) is 6.42 Å². The molecule has 2 heterocycles. The fourth-order valence-corrected chi connectivity index (χ4v) is 3.12. The Morgan fingerprint density at radius 3 is 3.05 bits per heavy atom. The van der Waals surface area contributed by atoms with Gasteiger partial charge in [0, 0.05) is 18.3 Å². The lowest BCUT2D eigenvalue weighted by Gasteiger charge is -2.24. The molecule has 1 unspecified atom stereocenters. The highest BCUT2D eigenvalue weighted by molar-refractivity contribution is 5.59. The van der Waals surface area contributed by atoms with Gasteiger partial charge in [0.05, 0.1) is 0 Å². The maximum absolute atomic E-state index is 5.86. The van der Waals surface area contributed by atoms with Gasteiger partial charge in [-0.1, -0.05) is 24.3 Å². The van der Waals surface area contributed by atoms with Gasteiger partial charge >= 0.3 is 0 Å². The van der Waals surface area contributed by atoms with Gasteiger partial charge in [-0.3, -0.25) is 4.40 Å². The Bertz CT molecular complexity index is 777. The van der Waals surface area contributed by atoms with Crippen LogP contribution in [0.15, 0.2) is 36.7 Å². The fourth-order valence-electron chi connectivity index (χ4n) is 3.12. The molecular weight excluding hydrogens is 250 g/mol. The van der Waals surface area contributed by atoms with Crippen molar-refractivity contribution >= 4 is 11.5 Å². The van der Waals surface area contributed by atoms with Gasteiger partial charge in [0.25, 0.3) is 0 Å². The highest BCUT2D eigenvalue weighted by atomic mass is 15.3. The van der Waals surface area contributed by atoms with Crippen LogP contribution >= 0.6 is 0 Å². The van der Waals surface area contributed by atoms with Crippen LogP contribution in [-0.4, -0.2) is 19.6 Å². The molecule has 4 rings (SSSR count). The first-order valence-corrected chi connectivity index (χ1v) is 6.87. The largest absolute Gasteiger partial charge is 0.381 e. The van der Waals surface area contributed by atoms with E-state index in [0.29, 0.717) is 11.5 Å². The predicted octanol–water partition coefficient (Wildman–Crippen LogP) is 2.17. The minimum absolute atomic E-state index is 0.289. The summed E-state index contributed by atoms with van der Waals surface area (Å²) in [6.45, 7) is 0. The first-order chi connectivity index (χ1) is 9.84. The first kappa shape index (κ1) is 11.4. The fraction of sp³-hybridized carbons (Fsp3) is 0.267. The van der Waals surface area contributed by atoms with Gasteiger partial charge in [-0.05, 0) is 30.4 Å². The van der Waals surface area contributed by atoms with E-state index in [1.54, 1.807) is 6.20 Å². The van der Waals surface area contributed by atoms with Gasteiger partial charge in [-0.25, -0.2) is 4.98 Å². The molecule has 0 bridgehead atoms. The van der Waals surface area contributed by atoms with E-state index in [-0.39, 0.29) is 5.92 Å². The molecule has 3 aromatic rings. The summed E-state index contributed by atoms with van der Waals surface area (Å²) in [6, 6.07) is 8.60. The highest BCUT2D eigenvalue weighted by Crippen LogP contribution is 2.35. The normalized spacial score (nSPS) is 18.1. The van der Waals surface area contributed by atoms with Crippen molar-refractivity contribution in [3.05, 3.63) is 53.6 Å². The molecule has 100 valence electrons. The van der Waals surface area contributed by atoms with Crippen LogP contribution in [0.25, 0.3) is 5.65 Å². The Morgan fingerprint density at radius 2 is 2.10 bits per heavy atom. The minimum Gasteiger partial charge on any atom is -0.381 e. The molecule has 0 fully saturated rings. The van der Waals surface area contributed by atoms with Crippen LogP contribution in [0.2, 0.25) is 0 Å². The van der Waals surface area contributed by atoms with Crippen molar-refractivity contribution in [2.24, 2.45) is 0 Å². The van der Waals surface area contributed by atoms with E-state index in [0.717, 1.165) is 18.7 Å². The number of hydrogen-bond acceptors (Lipinski definition) is 4. The smallest absolute Gasteiger partial charge is 0.203 e. The maximum Gasteiger partial charge on any atom is 0.203 e. The zero-order chi connectivity index (χ0) is 13.5. The third kappa shape index (κ3) is 1.59. The van der Waals surface area contributed by atoms with Gasteiger partial charge in [0.1, 0.15) is 5.82 Å². The molecule has 0 radical (unpaired) electrons. The van der Waals surface area contributed by atoms with Crippen molar-refractivity contribution in [1.29, 1.82) is 0 Å². The van der Waals surface area contributed by atoms with E-state index in [2.05, 4.69) is 39.4 Å². The molecule has 20 heavy (non-hydrogen) atoms. The number of nitrogen functional groups attached to an aromatic ring is 1. The second kappa shape index (κ2) is 4.30. The molecule has 1 atom stereocenters. The zero-order valence-electron chi connectivity index (χ0n) is 11.0. The van der Waals surface area contributed by atoms with Crippen LogP contribution in [0.4, 0.5) is 5.82 Å². The standard InChI is InChI=1S/C15H15N5/c16-13-15-19-18-14(20(15)9-8-17-13)12-7-3-5-10-4-1-2-6-11(10)12/h1-2,4,6,8-9,12H,3,5,7H2,(H2,16,17). The SMILES string of the molecule is Nc1nccn2c(C3CCCc4ccccc43)nnc12. The molecule has 5 heteroatoms. The summed E-state index contributed by atoms with van der Waals surface area (Å²) in [4.78, 5) is 4.06. The van der Waals surface area contributed by atoms with Crippen molar-refractivity contribution in [2.45, 2.75) is 25.2 Å². The molecule has 1 aliphatic rings. The summed E-state index contributed by atoms with van der Waals surface area (Å²) in [5.74, 6) is 1.67. The molecule has 5 nitrogen and oxygen atoms in total. The van der Waals surface area contributed by atoms with Crippen LogP contribution in [0.5, 0.6) is 0 Å². The maximum atomic E-state index is 5.86. The molecule has 0 saturated carbocycles. The summed E-state index contributed by atoms with van der Waals surface area (Å²) < 4.78 is 1.97. The Morgan fingerprint density at radius 1 is 1.20 bits per heavy atom. The summed E-state index contributed by atoms with van der Waals surface area (Å²) >= 11 is 0. The summed E-state index contributed by atoms with van der Waals surface area (Å²) in [5.41, 5.74) is 9.29.